The van der Waals surface area contributed by atoms with Crippen LogP contribution in [0.2, 0.25) is 0 Å². The first-order valence-electron chi connectivity index (χ1n) is 5.28. The number of nitrogens with one attached hydrogen (secondary N) is 1. The van der Waals surface area contributed by atoms with E-state index in [0.717, 1.165) is 19.3 Å². The summed E-state index contributed by atoms with van der Waals surface area (Å²) in [4.78, 5) is 0. The van der Waals surface area contributed by atoms with Gasteiger partial charge in [0.1, 0.15) is 0 Å². The number of unbranched alkanes of at least 4 members (excludes halogenated alkanes) is 1. The summed E-state index contributed by atoms with van der Waals surface area (Å²) in [5, 5.41) is 0. The molecule has 6 heteroatoms. The highest BCUT2D eigenvalue weighted by Gasteiger charge is 2.28. The fraction of sp³-hybridized carbons (Fsp3) is 1.00. The maximum Gasteiger partial charge on any atom is 0.211 e. The summed E-state index contributed by atoms with van der Waals surface area (Å²) in [5.74, 6) is 0.768. The molecule has 0 heterocycles. The van der Waals surface area contributed by atoms with Gasteiger partial charge in [-0.15, -0.1) is 12.4 Å². The Balaban J connectivity index is 0.00000196. The van der Waals surface area contributed by atoms with Crippen molar-refractivity contribution < 1.29 is 8.42 Å². The predicted molar refractivity (Wildman–Crippen MR) is 64.6 cm³/mol. The van der Waals surface area contributed by atoms with Crippen molar-refractivity contribution in [3.05, 3.63) is 0 Å². The fourth-order valence-corrected chi connectivity index (χ4v) is 2.58. The van der Waals surface area contributed by atoms with E-state index >= 15 is 0 Å². The third-order valence-electron chi connectivity index (χ3n) is 2.53. The Morgan fingerprint density at radius 3 is 2.53 bits per heavy atom. The molecule has 4 nitrogen and oxygen atoms in total. The van der Waals surface area contributed by atoms with Gasteiger partial charge in [0.25, 0.3) is 0 Å². The van der Waals surface area contributed by atoms with Gasteiger partial charge >= 0.3 is 0 Å². The van der Waals surface area contributed by atoms with Crippen LogP contribution in [-0.2, 0) is 10.0 Å². The smallest absolute Gasteiger partial charge is 0.211 e. The topological polar surface area (TPSA) is 72.2 Å². The van der Waals surface area contributed by atoms with Gasteiger partial charge < -0.3 is 5.73 Å². The highest BCUT2D eigenvalue weighted by atomic mass is 35.5. The standard InChI is InChI=1S/C9H20N2O2S.ClH/c1-2-3-6-14(12,13)11-7-9(10)8-4-5-8;/h8-9,11H,2-7,10H2,1H3;1H. The molecule has 0 aromatic rings. The van der Waals surface area contributed by atoms with Gasteiger partial charge in [-0.05, 0) is 25.2 Å². The van der Waals surface area contributed by atoms with Gasteiger partial charge in [0, 0.05) is 12.6 Å². The molecule has 0 aliphatic heterocycles. The minimum absolute atomic E-state index is 0. The largest absolute Gasteiger partial charge is 0.326 e. The molecule has 92 valence electrons. The lowest BCUT2D eigenvalue weighted by atomic mass is 10.2. The molecule has 0 aromatic carbocycles. The number of halogens is 1. The predicted octanol–water partition coefficient (Wildman–Crippen LogP) is 0.865. The van der Waals surface area contributed by atoms with Crippen molar-refractivity contribution in [1.29, 1.82) is 0 Å². The van der Waals surface area contributed by atoms with Crippen LogP contribution in [0.5, 0.6) is 0 Å². The average molecular weight is 257 g/mol. The Labute approximate surface area is 98.5 Å². The van der Waals surface area contributed by atoms with E-state index in [1.807, 2.05) is 6.92 Å². The van der Waals surface area contributed by atoms with Crippen LogP contribution in [0.4, 0.5) is 0 Å². The average Bonchev–Trinajstić information content (AvgIpc) is 2.94. The molecule has 0 amide bonds. The lowest BCUT2D eigenvalue weighted by Gasteiger charge is -2.11. The van der Waals surface area contributed by atoms with Crippen LogP contribution in [0, 0.1) is 5.92 Å². The zero-order valence-electron chi connectivity index (χ0n) is 9.11. The van der Waals surface area contributed by atoms with E-state index in [1.54, 1.807) is 0 Å². The molecule has 0 saturated heterocycles. The Hall–Kier alpha value is 0.160. The number of hydrogen-bond acceptors (Lipinski definition) is 3. The molecular weight excluding hydrogens is 236 g/mol. The minimum Gasteiger partial charge on any atom is -0.326 e. The van der Waals surface area contributed by atoms with Crippen LogP contribution in [0.1, 0.15) is 32.6 Å². The summed E-state index contributed by atoms with van der Waals surface area (Å²) in [7, 11) is -3.07. The van der Waals surface area contributed by atoms with Gasteiger partial charge in [0.05, 0.1) is 5.75 Å². The van der Waals surface area contributed by atoms with E-state index in [9.17, 15) is 8.42 Å². The van der Waals surface area contributed by atoms with Gasteiger partial charge in [-0.2, -0.15) is 0 Å². The third kappa shape index (κ3) is 6.35. The Morgan fingerprint density at radius 2 is 2.07 bits per heavy atom. The first-order valence-corrected chi connectivity index (χ1v) is 6.93. The van der Waals surface area contributed by atoms with Crippen molar-refractivity contribution in [2.24, 2.45) is 11.7 Å². The number of sulfonamides is 1. The van der Waals surface area contributed by atoms with Gasteiger partial charge in [-0.1, -0.05) is 13.3 Å². The molecule has 1 fully saturated rings. The molecule has 0 aromatic heterocycles. The molecule has 1 unspecified atom stereocenters. The second kappa shape index (κ2) is 6.68. The molecule has 1 aliphatic rings. The van der Waals surface area contributed by atoms with Crippen LogP contribution < -0.4 is 10.5 Å². The number of nitrogens with two attached hydrogens (primary N) is 1. The zero-order chi connectivity index (χ0) is 10.6. The molecular formula is C9H21ClN2O2S. The summed E-state index contributed by atoms with van der Waals surface area (Å²) in [6.45, 7) is 2.38. The van der Waals surface area contributed by atoms with Crippen LogP contribution in [0.3, 0.4) is 0 Å². The van der Waals surface area contributed by atoms with Crippen LogP contribution >= 0.6 is 12.4 Å². The molecule has 0 spiro atoms. The summed E-state index contributed by atoms with van der Waals surface area (Å²) in [6.07, 6.45) is 3.92. The van der Waals surface area contributed by atoms with Crippen molar-refractivity contribution in [3.8, 4) is 0 Å². The van der Waals surface area contributed by atoms with Gasteiger partial charge in [0.15, 0.2) is 0 Å². The lowest BCUT2D eigenvalue weighted by molar-refractivity contribution is 0.546. The van der Waals surface area contributed by atoms with Crippen molar-refractivity contribution in [2.45, 2.75) is 38.6 Å². The van der Waals surface area contributed by atoms with E-state index in [1.165, 1.54) is 0 Å². The monoisotopic (exact) mass is 256 g/mol. The van der Waals surface area contributed by atoms with Gasteiger partial charge in [-0.25, -0.2) is 13.1 Å². The Kier molecular flexibility index (Phi) is 6.75. The van der Waals surface area contributed by atoms with E-state index in [2.05, 4.69) is 4.72 Å². The molecule has 0 bridgehead atoms. The minimum atomic E-state index is -3.07. The molecule has 1 atom stereocenters. The number of hydrogen-bond donors (Lipinski definition) is 2. The van der Waals surface area contributed by atoms with Crippen LogP contribution in [0.25, 0.3) is 0 Å². The highest BCUT2D eigenvalue weighted by molar-refractivity contribution is 7.89. The normalized spacial score (nSPS) is 18.3. The number of rotatable bonds is 7. The van der Waals surface area contributed by atoms with Gasteiger partial charge in [-0.3, -0.25) is 0 Å². The van der Waals surface area contributed by atoms with Gasteiger partial charge in [0.2, 0.25) is 10.0 Å². The fourth-order valence-electron chi connectivity index (χ4n) is 1.32. The molecule has 1 rings (SSSR count). The maximum atomic E-state index is 11.4. The first-order chi connectivity index (χ1) is 6.55. The first kappa shape index (κ1) is 15.2. The second-order valence-electron chi connectivity index (χ2n) is 4.02. The Morgan fingerprint density at radius 1 is 1.47 bits per heavy atom. The summed E-state index contributed by atoms with van der Waals surface area (Å²) >= 11 is 0. The third-order valence-corrected chi connectivity index (χ3v) is 3.97. The molecule has 15 heavy (non-hydrogen) atoms. The SMILES string of the molecule is CCCCS(=O)(=O)NCC(N)C1CC1.Cl. The summed E-state index contributed by atoms with van der Waals surface area (Å²) in [6, 6.07) is 0.00593. The van der Waals surface area contributed by atoms with E-state index in [4.69, 9.17) is 5.73 Å². The maximum absolute atomic E-state index is 11.4. The van der Waals surface area contributed by atoms with Crippen molar-refractivity contribution >= 4 is 22.4 Å². The van der Waals surface area contributed by atoms with Crippen molar-refractivity contribution in [1.82, 2.24) is 4.72 Å². The molecule has 1 saturated carbocycles. The van der Waals surface area contributed by atoms with E-state index in [0.29, 0.717) is 18.9 Å². The molecule has 0 radical (unpaired) electrons. The lowest BCUT2D eigenvalue weighted by Crippen LogP contribution is -2.39. The van der Waals surface area contributed by atoms with Crippen LogP contribution in [0.15, 0.2) is 0 Å². The quantitative estimate of drug-likeness (QED) is 0.710. The Bertz CT molecular complexity index is 265. The van der Waals surface area contributed by atoms with Crippen LogP contribution in [-0.4, -0.2) is 26.8 Å². The molecule has 3 N–H and O–H groups in total. The summed E-state index contributed by atoms with van der Waals surface area (Å²) < 4.78 is 25.3. The van der Waals surface area contributed by atoms with E-state index < -0.39 is 10.0 Å². The molecule has 1 aliphatic carbocycles. The van der Waals surface area contributed by atoms with Crippen molar-refractivity contribution in [3.63, 3.8) is 0 Å². The second-order valence-corrected chi connectivity index (χ2v) is 5.95. The van der Waals surface area contributed by atoms with E-state index in [-0.39, 0.29) is 24.2 Å². The van der Waals surface area contributed by atoms with Crippen molar-refractivity contribution in [2.75, 3.05) is 12.3 Å². The highest BCUT2D eigenvalue weighted by Crippen LogP contribution is 2.31. The zero-order valence-corrected chi connectivity index (χ0v) is 10.7. The summed E-state index contributed by atoms with van der Waals surface area (Å²) in [5.41, 5.74) is 5.79.